The number of alkyl halides is 1. The minimum atomic E-state index is -0.264. The van der Waals surface area contributed by atoms with Crippen molar-refractivity contribution < 1.29 is 13.9 Å². The number of halogens is 1. The largest absolute Gasteiger partial charge is 0.465 e. The van der Waals surface area contributed by atoms with E-state index in [9.17, 15) is 9.18 Å². The van der Waals surface area contributed by atoms with Crippen LogP contribution in [0.5, 0.6) is 0 Å². The summed E-state index contributed by atoms with van der Waals surface area (Å²) in [6.07, 6.45) is 1.43. The van der Waals surface area contributed by atoms with Crippen LogP contribution in [0.25, 0.3) is 0 Å². The zero-order chi connectivity index (χ0) is 9.23. The molecule has 0 fully saturated rings. The van der Waals surface area contributed by atoms with Crippen LogP contribution in [-0.2, 0) is 9.53 Å². The fraction of sp³-hybridized carbons (Fsp3) is 0.875. The summed E-state index contributed by atoms with van der Waals surface area (Å²) in [6, 6.07) is 0. The van der Waals surface area contributed by atoms with Gasteiger partial charge in [0.25, 0.3) is 0 Å². The SMILES string of the molecule is CCOC(=O)CSCCCCF. The summed E-state index contributed by atoms with van der Waals surface area (Å²) in [5.74, 6) is 1.05. The normalized spacial score (nSPS) is 9.83. The second-order valence-corrected chi connectivity index (χ2v) is 3.36. The number of hydrogen-bond donors (Lipinski definition) is 0. The Balaban J connectivity index is 3.03. The van der Waals surface area contributed by atoms with Crippen LogP contribution in [0.4, 0.5) is 4.39 Å². The molecule has 0 N–H and O–H groups in total. The van der Waals surface area contributed by atoms with Crippen molar-refractivity contribution in [2.24, 2.45) is 0 Å². The van der Waals surface area contributed by atoms with E-state index in [-0.39, 0.29) is 12.6 Å². The second kappa shape index (κ2) is 8.84. The average Bonchev–Trinajstić information content (AvgIpc) is 2.05. The Morgan fingerprint density at radius 1 is 1.50 bits per heavy atom. The van der Waals surface area contributed by atoms with Crippen LogP contribution >= 0.6 is 11.8 Å². The van der Waals surface area contributed by atoms with E-state index in [0.29, 0.717) is 18.8 Å². The summed E-state index contributed by atoms with van der Waals surface area (Å²) in [7, 11) is 0. The van der Waals surface area contributed by atoms with E-state index in [1.807, 2.05) is 0 Å². The average molecular weight is 194 g/mol. The van der Waals surface area contributed by atoms with Crippen molar-refractivity contribution in [1.82, 2.24) is 0 Å². The molecule has 0 unspecified atom stereocenters. The molecule has 0 aliphatic carbocycles. The highest BCUT2D eigenvalue weighted by Gasteiger charge is 2.00. The molecule has 0 atom stereocenters. The molecule has 0 aromatic heterocycles. The zero-order valence-electron chi connectivity index (χ0n) is 7.35. The Kier molecular flexibility index (Phi) is 8.66. The van der Waals surface area contributed by atoms with Crippen LogP contribution in [-0.4, -0.2) is 30.8 Å². The maximum atomic E-state index is 11.6. The van der Waals surface area contributed by atoms with Crippen molar-refractivity contribution in [2.75, 3.05) is 24.8 Å². The van der Waals surface area contributed by atoms with Gasteiger partial charge in [0, 0.05) is 0 Å². The predicted molar refractivity (Wildman–Crippen MR) is 49.2 cm³/mol. The number of thioether (sulfide) groups is 1. The molecule has 0 aliphatic rings. The molecule has 0 amide bonds. The molecular weight excluding hydrogens is 179 g/mol. The second-order valence-electron chi connectivity index (χ2n) is 2.25. The van der Waals surface area contributed by atoms with E-state index >= 15 is 0 Å². The molecule has 0 radical (unpaired) electrons. The molecule has 2 nitrogen and oxygen atoms in total. The minimum Gasteiger partial charge on any atom is -0.465 e. The van der Waals surface area contributed by atoms with Gasteiger partial charge in [-0.25, -0.2) is 0 Å². The summed E-state index contributed by atoms with van der Waals surface area (Å²) >= 11 is 1.50. The van der Waals surface area contributed by atoms with Gasteiger partial charge in [-0.3, -0.25) is 9.18 Å². The maximum absolute atomic E-state index is 11.6. The summed E-state index contributed by atoms with van der Waals surface area (Å²) < 4.78 is 16.3. The Morgan fingerprint density at radius 3 is 2.83 bits per heavy atom. The molecular formula is C8H15FO2S. The van der Waals surface area contributed by atoms with Crippen LogP contribution in [0.3, 0.4) is 0 Å². The molecule has 72 valence electrons. The fourth-order valence-electron chi connectivity index (χ4n) is 0.657. The lowest BCUT2D eigenvalue weighted by Gasteiger charge is -2.00. The van der Waals surface area contributed by atoms with Crippen molar-refractivity contribution in [3.8, 4) is 0 Å². The van der Waals surface area contributed by atoms with Crippen molar-refractivity contribution in [3.05, 3.63) is 0 Å². The first kappa shape index (κ1) is 11.8. The van der Waals surface area contributed by atoms with Gasteiger partial charge in [0.2, 0.25) is 0 Å². The van der Waals surface area contributed by atoms with Crippen LogP contribution < -0.4 is 0 Å². The minimum absolute atomic E-state index is 0.178. The fourth-order valence-corrected chi connectivity index (χ4v) is 1.46. The third-order valence-electron chi connectivity index (χ3n) is 1.20. The Hall–Kier alpha value is -0.250. The molecule has 0 aromatic rings. The molecule has 0 saturated heterocycles. The number of carbonyl (C=O) groups excluding carboxylic acids is 1. The Bertz CT molecular complexity index is 120. The monoisotopic (exact) mass is 194 g/mol. The first-order chi connectivity index (χ1) is 5.81. The Labute approximate surface area is 76.9 Å². The van der Waals surface area contributed by atoms with Gasteiger partial charge < -0.3 is 4.74 Å². The van der Waals surface area contributed by atoms with Crippen LogP contribution in [0.2, 0.25) is 0 Å². The smallest absolute Gasteiger partial charge is 0.315 e. The number of rotatable bonds is 7. The number of hydrogen-bond acceptors (Lipinski definition) is 3. The highest BCUT2D eigenvalue weighted by Crippen LogP contribution is 2.04. The van der Waals surface area contributed by atoms with Gasteiger partial charge in [-0.15, -0.1) is 0 Å². The van der Waals surface area contributed by atoms with Crippen LogP contribution in [0, 0.1) is 0 Å². The summed E-state index contributed by atoms with van der Waals surface area (Å²) in [5.41, 5.74) is 0. The van der Waals surface area contributed by atoms with Crippen molar-refractivity contribution >= 4 is 17.7 Å². The molecule has 12 heavy (non-hydrogen) atoms. The third-order valence-corrected chi connectivity index (χ3v) is 2.21. The number of unbranched alkanes of at least 4 members (excludes halogenated alkanes) is 1. The number of carbonyl (C=O) groups is 1. The summed E-state index contributed by atoms with van der Waals surface area (Å²) in [4.78, 5) is 10.8. The molecule has 0 aliphatic heterocycles. The van der Waals surface area contributed by atoms with E-state index in [2.05, 4.69) is 0 Å². The van der Waals surface area contributed by atoms with Crippen LogP contribution in [0.1, 0.15) is 19.8 Å². The summed E-state index contributed by atoms with van der Waals surface area (Å²) in [6.45, 7) is 1.95. The van der Waals surface area contributed by atoms with Crippen molar-refractivity contribution in [1.29, 1.82) is 0 Å². The number of ether oxygens (including phenoxy) is 1. The third kappa shape index (κ3) is 7.85. The quantitative estimate of drug-likeness (QED) is 0.458. The van der Waals surface area contributed by atoms with Crippen LogP contribution in [0.15, 0.2) is 0 Å². The van der Waals surface area contributed by atoms with Gasteiger partial charge in [0.1, 0.15) is 0 Å². The first-order valence-electron chi connectivity index (χ1n) is 4.10. The molecule has 0 heterocycles. The molecule has 4 heteroatoms. The lowest BCUT2D eigenvalue weighted by molar-refractivity contribution is -0.139. The van der Waals surface area contributed by atoms with E-state index in [1.54, 1.807) is 6.92 Å². The number of esters is 1. The lowest BCUT2D eigenvalue weighted by Crippen LogP contribution is -2.06. The highest BCUT2D eigenvalue weighted by atomic mass is 32.2. The first-order valence-corrected chi connectivity index (χ1v) is 5.26. The van der Waals surface area contributed by atoms with Gasteiger partial charge in [-0.1, -0.05) is 0 Å². The molecule has 0 saturated carbocycles. The maximum Gasteiger partial charge on any atom is 0.315 e. The van der Waals surface area contributed by atoms with Gasteiger partial charge in [-0.05, 0) is 25.5 Å². The van der Waals surface area contributed by atoms with Gasteiger partial charge >= 0.3 is 5.97 Å². The lowest BCUT2D eigenvalue weighted by atomic mass is 10.4. The highest BCUT2D eigenvalue weighted by molar-refractivity contribution is 7.99. The van der Waals surface area contributed by atoms with Crippen molar-refractivity contribution in [2.45, 2.75) is 19.8 Å². The molecule has 0 bridgehead atoms. The standard InChI is InChI=1S/C8H15FO2S/c1-2-11-8(10)7-12-6-4-3-5-9/h2-7H2,1H3. The topological polar surface area (TPSA) is 26.3 Å². The van der Waals surface area contributed by atoms with E-state index in [1.165, 1.54) is 11.8 Å². The Morgan fingerprint density at radius 2 is 2.25 bits per heavy atom. The molecule has 0 spiro atoms. The zero-order valence-corrected chi connectivity index (χ0v) is 8.16. The van der Waals surface area contributed by atoms with Gasteiger partial charge in [0.05, 0.1) is 19.0 Å². The molecule has 0 rings (SSSR count). The van der Waals surface area contributed by atoms with E-state index < -0.39 is 0 Å². The van der Waals surface area contributed by atoms with Gasteiger partial charge in [-0.2, -0.15) is 11.8 Å². The summed E-state index contributed by atoms with van der Waals surface area (Å²) in [5, 5.41) is 0. The van der Waals surface area contributed by atoms with E-state index in [0.717, 1.165) is 12.2 Å². The van der Waals surface area contributed by atoms with E-state index in [4.69, 9.17) is 4.74 Å². The predicted octanol–water partition coefficient (Wildman–Crippen LogP) is 2.03. The molecule has 0 aromatic carbocycles. The van der Waals surface area contributed by atoms with Crippen molar-refractivity contribution in [3.63, 3.8) is 0 Å². The van der Waals surface area contributed by atoms with Gasteiger partial charge in [0.15, 0.2) is 0 Å².